The van der Waals surface area contributed by atoms with Crippen molar-refractivity contribution in [2.75, 3.05) is 0 Å². The van der Waals surface area contributed by atoms with E-state index in [4.69, 9.17) is 9.47 Å². The Kier molecular flexibility index (Phi) is 3.51. The molecule has 0 saturated carbocycles. The molecule has 0 N–H and O–H groups in total. The summed E-state index contributed by atoms with van der Waals surface area (Å²) in [7, 11) is 0. The molecule has 1 fully saturated rings. The molecule has 0 aliphatic carbocycles. The lowest BCUT2D eigenvalue weighted by Gasteiger charge is -2.29. The molecular weight excluding hydrogens is 244 g/mol. The molecule has 0 radical (unpaired) electrons. The van der Waals surface area contributed by atoms with Crippen molar-refractivity contribution >= 4 is 18.0 Å². The van der Waals surface area contributed by atoms with Gasteiger partial charge in [-0.15, -0.1) is 0 Å². The second-order valence-electron chi connectivity index (χ2n) is 4.53. The van der Waals surface area contributed by atoms with E-state index in [-0.39, 0.29) is 5.57 Å². The van der Waals surface area contributed by atoms with Gasteiger partial charge < -0.3 is 9.47 Å². The fraction of sp³-hybridized carbons (Fsp3) is 0.200. The van der Waals surface area contributed by atoms with E-state index < -0.39 is 17.7 Å². The summed E-state index contributed by atoms with van der Waals surface area (Å²) in [6.07, 6.45) is 4.80. The smallest absolute Gasteiger partial charge is 0.348 e. The lowest BCUT2D eigenvalue weighted by atomic mass is 10.1. The molecule has 1 aliphatic rings. The molecule has 0 aromatic heterocycles. The molecule has 1 aromatic carbocycles. The second-order valence-corrected chi connectivity index (χ2v) is 4.53. The van der Waals surface area contributed by atoms with Crippen molar-refractivity contribution in [2.45, 2.75) is 19.6 Å². The standard InChI is InChI=1S/C15H14O4/c1-15(2)18-13(16)12(14(17)19-15)10-6-9-11-7-4-3-5-8-11/h3-10H,1-2H3/b9-6-. The quantitative estimate of drug-likeness (QED) is 0.464. The van der Waals surface area contributed by atoms with Gasteiger partial charge in [-0.1, -0.05) is 42.5 Å². The normalized spacial score (nSPS) is 18.1. The molecule has 0 amide bonds. The highest BCUT2D eigenvalue weighted by Gasteiger charge is 2.38. The third-order valence-corrected chi connectivity index (χ3v) is 2.47. The number of benzene rings is 1. The van der Waals surface area contributed by atoms with Crippen molar-refractivity contribution in [3.05, 3.63) is 53.6 Å². The van der Waals surface area contributed by atoms with Crippen LogP contribution in [0.1, 0.15) is 19.4 Å². The zero-order chi connectivity index (χ0) is 13.9. The van der Waals surface area contributed by atoms with Gasteiger partial charge in [0, 0.05) is 13.8 Å². The Bertz CT molecular complexity index is 531. The van der Waals surface area contributed by atoms with Gasteiger partial charge in [-0.2, -0.15) is 0 Å². The zero-order valence-corrected chi connectivity index (χ0v) is 10.8. The first-order valence-corrected chi connectivity index (χ1v) is 5.88. The molecule has 98 valence electrons. The van der Waals surface area contributed by atoms with E-state index in [9.17, 15) is 9.59 Å². The molecule has 0 atom stereocenters. The summed E-state index contributed by atoms with van der Waals surface area (Å²) in [5, 5.41) is 0. The van der Waals surface area contributed by atoms with Gasteiger partial charge >= 0.3 is 11.9 Å². The molecule has 0 bridgehead atoms. The molecule has 2 rings (SSSR count). The summed E-state index contributed by atoms with van der Waals surface area (Å²) < 4.78 is 9.95. The fourth-order valence-corrected chi connectivity index (χ4v) is 1.62. The lowest BCUT2D eigenvalue weighted by Crippen LogP contribution is -2.41. The number of rotatable bonds is 2. The minimum Gasteiger partial charge on any atom is -0.419 e. The van der Waals surface area contributed by atoms with E-state index in [1.807, 2.05) is 30.3 Å². The van der Waals surface area contributed by atoms with Crippen molar-refractivity contribution in [2.24, 2.45) is 0 Å². The summed E-state index contributed by atoms with van der Waals surface area (Å²) in [5.41, 5.74) is 0.865. The van der Waals surface area contributed by atoms with Crippen LogP contribution in [0.4, 0.5) is 0 Å². The van der Waals surface area contributed by atoms with E-state index in [0.29, 0.717) is 0 Å². The van der Waals surface area contributed by atoms with Crippen molar-refractivity contribution < 1.29 is 19.1 Å². The minimum absolute atomic E-state index is 0.105. The minimum atomic E-state index is -1.20. The fourth-order valence-electron chi connectivity index (χ4n) is 1.62. The van der Waals surface area contributed by atoms with Crippen LogP contribution in [-0.4, -0.2) is 17.7 Å². The van der Waals surface area contributed by atoms with Crippen molar-refractivity contribution in [1.82, 2.24) is 0 Å². The number of esters is 2. The molecule has 1 aliphatic heterocycles. The number of carbonyl (C=O) groups is 2. The van der Waals surface area contributed by atoms with E-state index >= 15 is 0 Å². The number of hydrogen-bond acceptors (Lipinski definition) is 4. The molecule has 0 unspecified atom stereocenters. The summed E-state index contributed by atoms with van der Waals surface area (Å²) in [4.78, 5) is 23.3. The summed E-state index contributed by atoms with van der Waals surface area (Å²) in [5.74, 6) is -2.54. The SMILES string of the molecule is CC1(C)OC(=O)C(=C/C=C\c2ccccc2)C(=O)O1. The average molecular weight is 258 g/mol. The first-order chi connectivity index (χ1) is 8.98. The van der Waals surface area contributed by atoms with Crippen molar-refractivity contribution in [3.63, 3.8) is 0 Å². The van der Waals surface area contributed by atoms with Crippen LogP contribution in [0.2, 0.25) is 0 Å². The monoisotopic (exact) mass is 258 g/mol. The Hall–Kier alpha value is -2.36. The number of allylic oxidation sites excluding steroid dienone is 2. The van der Waals surface area contributed by atoms with Crippen LogP contribution in [0.5, 0.6) is 0 Å². The second kappa shape index (κ2) is 5.10. The van der Waals surface area contributed by atoms with Crippen LogP contribution in [0.3, 0.4) is 0 Å². The maximum atomic E-state index is 11.6. The molecular formula is C15H14O4. The van der Waals surface area contributed by atoms with Gasteiger partial charge in [-0.3, -0.25) is 0 Å². The van der Waals surface area contributed by atoms with Crippen LogP contribution >= 0.6 is 0 Å². The summed E-state index contributed by atoms with van der Waals surface area (Å²) >= 11 is 0. The van der Waals surface area contributed by atoms with Gasteiger partial charge in [0.1, 0.15) is 5.57 Å². The van der Waals surface area contributed by atoms with Gasteiger partial charge in [-0.05, 0) is 11.6 Å². The zero-order valence-electron chi connectivity index (χ0n) is 10.8. The van der Waals surface area contributed by atoms with E-state index in [1.54, 1.807) is 12.2 Å². The molecule has 4 heteroatoms. The Morgan fingerprint density at radius 2 is 1.58 bits per heavy atom. The molecule has 1 aromatic rings. The highest BCUT2D eigenvalue weighted by Crippen LogP contribution is 2.22. The number of ether oxygens (including phenoxy) is 2. The Labute approximate surface area is 111 Å². The Morgan fingerprint density at radius 1 is 1.00 bits per heavy atom. The Balaban J connectivity index is 2.14. The lowest BCUT2D eigenvalue weighted by molar-refractivity contribution is -0.222. The van der Waals surface area contributed by atoms with Gasteiger partial charge in [0.15, 0.2) is 0 Å². The van der Waals surface area contributed by atoms with Gasteiger partial charge in [-0.25, -0.2) is 9.59 Å². The average Bonchev–Trinajstić information content (AvgIpc) is 2.32. The molecule has 19 heavy (non-hydrogen) atoms. The largest absolute Gasteiger partial charge is 0.419 e. The van der Waals surface area contributed by atoms with Gasteiger partial charge in [0.2, 0.25) is 0 Å². The third kappa shape index (κ3) is 3.31. The summed E-state index contributed by atoms with van der Waals surface area (Å²) in [6, 6.07) is 9.54. The van der Waals surface area contributed by atoms with Crippen LogP contribution in [0.15, 0.2) is 48.1 Å². The van der Waals surface area contributed by atoms with Crippen LogP contribution in [-0.2, 0) is 19.1 Å². The van der Waals surface area contributed by atoms with Crippen LogP contribution in [0, 0.1) is 0 Å². The van der Waals surface area contributed by atoms with Crippen LogP contribution in [0.25, 0.3) is 6.08 Å². The van der Waals surface area contributed by atoms with Crippen molar-refractivity contribution in [3.8, 4) is 0 Å². The van der Waals surface area contributed by atoms with Gasteiger partial charge in [0.05, 0.1) is 0 Å². The maximum absolute atomic E-state index is 11.6. The van der Waals surface area contributed by atoms with Gasteiger partial charge in [0.25, 0.3) is 5.79 Å². The molecule has 1 saturated heterocycles. The topological polar surface area (TPSA) is 52.6 Å². The predicted octanol–water partition coefficient (Wildman–Crippen LogP) is 2.46. The molecule has 1 heterocycles. The predicted molar refractivity (Wildman–Crippen MR) is 69.8 cm³/mol. The number of cyclic esters (lactones) is 2. The first-order valence-electron chi connectivity index (χ1n) is 5.88. The van der Waals surface area contributed by atoms with E-state index in [0.717, 1.165) is 5.56 Å². The summed E-state index contributed by atoms with van der Waals surface area (Å²) in [6.45, 7) is 3.03. The van der Waals surface area contributed by atoms with Crippen molar-refractivity contribution in [1.29, 1.82) is 0 Å². The highest BCUT2D eigenvalue weighted by atomic mass is 16.7. The molecule has 4 nitrogen and oxygen atoms in total. The first kappa shape index (κ1) is 13.1. The van der Waals surface area contributed by atoms with E-state index in [2.05, 4.69) is 0 Å². The van der Waals surface area contributed by atoms with E-state index in [1.165, 1.54) is 19.9 Å². The Morgan fingerprint density at radius 3 is 2.16 bits per heavy atom. The maximum Gasteiger partial charge on any atom is 0.348 e. The third-order valence-electron chi connectivity index (χ3n) is 2.47. The van der Waals surface area contributed by atoms with Crippen LogP contribution < -0.4 is 0 Å². The number of carbonyl (C=O) groups excluding carboxylic acids is 2. The number of hydrogen-bond donors (Lipinski definition) is 0. The highest BCUT2D eigenvalue weighted by molar-refractivity contribution is 6.15. The molecule has 0 spiro atoms.